The van der Waals surface area contributed by atoms with Gasteiger partial charge in [-0.25, -0.2) is 9.97 Å². The molecule has 20 heavy (non-hydrogen) atoms. The van der Waals surface area contributed by atoms with Crippen LogP contribution >= 0.6 is 0 Å². The van der Waals surface area contributed by atoms with Gasteiger partial charge < -0.3 is 4.42 Å². The van der Waals surface area contributed by atoms with Gasteiger partial charge in [0, 0.05) is 5.39 Å². The summed E-state index contributed by atoms with van der Waals surface area (Å²) in [7, 11) is 0. The Bertz CT molecular complexity index is 891. The van der Waals surface area contributed by atoms with Crippen LogP contribution < -0.4 is 0 Å². The van der Waals surface area contributed by atoms with E-state index in [0.29, 0.717) is 5.89 Å². The smallest absolute Gasteiger partial charge is 0.246 e. The third kappa shape index (κ3) is 1.67. The van der Waals surface area contributed by atoms with E-state index in [4.69, 9.17) is 4.42 Å². The Morgan fingerprint density at radius 3 is 2.45 bits per heavy atom. The minimum absolute atomic E-state index is 0.569. The number of aryl methyl sites for hydroxylation is 1. The molecule has 0 saturated heterocycles. The lowest BCUT2D eigenvalue weighted by Gasteiger charge is -2.03. The largest absolute Gasteiger partial charge is 0.435 e. The molecule has 0 atom stereocenters. The SMILES string of the molecule is Cc1cc(-c2nc3ccccc3o2)nc2ccccc12. The van der Waals surface area contributed by atoms with Gasteiger partial charge in [0.1, 0.15) is 11.2 Å². The molecule has 0 saturated carbocycles. The highest BCUT2D eigenvalue weighted by Gasteiger charge is 2.11. The molecule has 0 aliphatic carbocycles. The van der Waals surface area contributed by atoms with Crippen molar-refractivity contribution in [3.05, 3.63) is 60.2 Å². The van der Waals surface area contributed by atoms with Crippen molar-refractivity contribution in [2.24, 2.45) is 0 Å². The molecule has 0 bridgehead atoms. The molecule has 2 heterocycles. The Balaban J connectivity index is 1.97. The summed E-state index contributed by atoms with van der Waals surface area (Å²) < 4.78 is 5.78. The summed E-state index contributed by atoms with van der Waals surface area (Å²) in [5, 5.41) is 1.16. The molecule has 0 unspecified atom stereocenters. The maximum absolute atomic E-state index is 5.78. The van der Waals surface area contributed by atoms with Crippen molar-refractivity contribution < 1.29 is 4.42 Å². The van der Waals surface area contributed by atoms with Gasteiger partial charge in [-0.3, -0.25) is 0 Å². The Morgan fingerprint density at radius 2 is 1.60 bits per heavy atom. The number of benzene rings is 2. The van der Waals surface area contributed by atoms with Gasteiger partial charge in [0.2, 0.25) is 5.89 Å². The molecular weight excluding hydrogens is 248 g/mol. The van der Waals surface area contributed by atoms with Gasteiger partial charge >= 0.3 is 0 Å². The standard InChI is InChI=1S/C17H12N2O/c1-11-10-15(18-13-7-3-2-6-12(11)13)17-19-14-8-4-5-9-16(14)20-17/h2-10H,1H3. The van der Waals surface area contributed by atoms with Crippen LogP contribution in [0.25, 0.3) is 33.6 Å². The van der Waals surface area contributed by atoms with E-state index in [9.17, 15) is 0 Å². The van der Waals surface area contributed by atoms with Gasteiger partial charge in [0.15, 0.2) is 5.58 Å². The van der Waals surface area contributed by atoms with Crippen molar-refractivity contribution in [3.63, 3.8) is 0 Å². The van der Waals surface area contributed by atoms with Crippen LogP contribution in [0.15, 0.2) is 59.0 Å². The maximum atomic E-state index is 5.78. The lowest BCUT2D eigenvalue weighted by Crippen LogP contribution is -1.88. The summed E-state index contributed by atoms with van der Waals surface area (Å²) in [6, 6.07) is 17.9. The van der Waals surface area contributed by atoms with E-state index in [1.54, 1.807) is 0 Å². The second-order valence-electron chi connectivity index (χ2n) is 4.83. The zero-order valence-electron chi connectivity index (χ0n) is 11.0. The highest BCUT2D eigenvalue weighted by atomic mass is 16.3. The van der Waals surface area contributed by atoms with E-state index in [0.717, 1.165) is 27.7 Å². The first-order valence-corrected chi connectivity index (χ1v) is 6.53. The number of nitrogens with zero attached hydrogens (tertiary/aromatic N) is 2. The molecule has 2 aromatic carbocycles. The number of hydrogen-bond acceptors (Lipinski definition) is 3. The summed E-state index contributed by atoms with van der Waals surface area (Å²) >= 11 is 0. The first-order valence-electron chi connectivity index (χ1n) is 6.53. The van der Waals surface area contributed by atoms with Crippen LogP contribution in [0.2, 0.25) is 0 Å². The molecule has 3 nitrogen and oxygen atoms in total. The number of rotatable bonds is 1. The van der Waals surface area contributed by atoms with Crippen LogP contribution in [0.3, 0.4) is 0 Å². The van der Waals surface area contributed by atoms with Crippen LogP contribution in [0, 0.1) is 6.92 Å². The highest BCUT2D eigenvalue weighted by Crippen LogP contribution is 2.26. The third-order valence-electron chi connectivity index (χ3n) is 3.44. The quantitative estimate of drug-likeness (QED) is 0.510. The van der Waals surface area contributed by atoms with E-state index in [2.05, 4.69) is 23.0 Å². The Hall–Kier alpha value is -2.68. The van der Waals surface area contributed by atoms with E-state index >= 15 is 0 Å². The van der Waals surface area contributed by atoms with E-state index in [1.165, 1.54) is 5.56 Å². The van der Waals surface area contributed by atoms with E-state index < -0.39 is 0 Å². The molecule has 2 aromatic heterocycles. The van der Waals surface area contributed by atoms with Crippen LogP contribution in [-0.4, -0.2) is 9.97 Å². The summed E-state index contributed by atoms with van der Waals surface area (Å²) in [5.74, 6) is 0.569. The van der Waals surface area contributed by atoms with Crippen LogP contribution in [0.5, 0.6) is 0 Å². The third-order valence-corrected chi connectivity index (χ3v) is 3.44. The van der Waals surface area contributed by atoms with Crippen LogP contribution in [0.4, 0.5) is 0 Å². The molecule has 0 aliphatic heterocycles. The number of hydrogen-bond donors (Lipinski definition) is 0. The number of para-hydroxylation sites is 3. The second-order valence-corrected chi connectivity index (χ2v) is 4.83. The van der Waals surface area contributed by atoms with Crippen molar-refractivity contribution in [3.8, 4) is 11.6 Å². The number of fused-ring (bicyclic) bond motifs is 2. The molecule has 0 radical (unpaired) electrons. The molecule has 0 fully saturated rings. The fourth-order valence-corrected chi connectivity index (χ4v) is 2.44. The monoisotopic (exact) mass is 260 g/mol. The van der Waals surface area contributed by atoms with Crippen molar-refractivity contribution in [1.82, 2.24) is 9.97 Å². The zero-order valence-corrected chi connectivity index (χ0v) is 11.0. The highest BCUT2D eigenvalue weighted by molar-refractivity contribution is 5.84. The number of aromatic nitrogens is 2. The predicted molar refractivity (Wildman–Crippen MR) is 79.5 cm³/mol. The number of oxazole rings is 1. The Kier molecular flexibility index (Phi) is 2.33. The molecule has 4 aromatic rings. The average Bonchev–Trinajstić information content (AvgIpc) is 2.91. The van der Waals surface area contributed by atoms with Crippen molar-refractivity contribution >= 4 is 22.0 Å². The normalized spacial score (nSPS) is 11.2. The predicted octanol–water partition coefficient (Wildman–Crippen LogP) is 4.35. The molecule has 96 valence electrons. The summed E-state index contributed by atoms with van der Waals surface area (Å²) in [6.07, 6.45) is 0. The second kappa shape index (κ2) is 4.17. The Labute approximate surface area is 115 Å². The fraction of sp³-hybridized carbons (Fsp3) is 0.0588. The average molecular weight is 260 g/mol. The molecule has 3 heteroatoms. The van der Waals surface area contributed by atoms with Crippen LogP contribution in [-0.2, 0) is 0 Å². The first-order chi connectivity index (χ1) is 9.81. The minimum Gasteiger partial charge on any atom is -0.435 e. The first kappa shape index (κ1) is 11.2. The summed E-state index contributed by atoms with van der Waals surface area (Å²) in [4.78, 5) is 9.15. The molecule has 0 spiro atoms. The van der Waals surface area contributed by atoms with Gasteiger partial charge in [-0.15, -0.1) is 0 Å². The molecule has 0 amide bonds. The van der Waals surface area contributed by atoms with Gasteiger partial charge in [-0.2, -0.15) is 0 Å². The van der Waals surface area contributed by atoms with Crippen molar-refractivity contribution in [2.45, 2.75) is 6.92 Å². The topological polar surface area (TPSA) is 38.9 Å². The molecular formula is C17H12N2O. The van der Waals surface area contributed by atoms with E-state index in [-0.39, 0.29) is 0 Å². The fourth-order valence-electron chi connectivity index (χ4n) is 2.44. The van der Waals surface area contributed by atoms with Crippen LogP contribution in [0.1, 0.15) is 5.56 Å². The van der Waals surface area contributed by atoms with Gasteiger partial charge in [0.25, 0.3) is 0 Å². The van der Waals surface area contributed by atoms with E-state index in [1.807, 2.05) is 48.5 Å². The molecule has 4 rings (SSSR count). The zero-order chi connectivity index (χ0) is 13.5. The minimum atomic E-state index is 0.569. The summed E-state index contributed by atoms with van der Waals surface area (Å²) in [6.45, 7) is 2.08. The lowest BCUT2D eigenvalue weighted by molar-refractivity contribution is 0.617. The van der Waals surface area contributed by atoms with Crippen molar-refractivity contribution in [2.75, 3.05) is 0 Å². The summed E-state index contributed by atoms with van der Waals surface area (Å²) in [5.41, 5.74) is 4.56. The van der Waals surface area contributed by atoms with Gasteiger partial charge in [-0.1, -0.05) is 30.3 Å². The van der Waals surface area contributed by atoms with Gasteiger partial charge in [-0.05, 0) is 36.8 Å². The van der Waals surface area contributed by atoms with Gasteiger partial charge in [0.05, 0.1) is 5.52 Å². The Morgan fingerprint density at radius 1 is 0.850 bits per heavy atom. The maximum Gasteiger partial charge on any atom is 0.246 e. The lowest BCUT2D eigenvalue weighted by atomic mass is 10.1. The molecule has 0 aliphatic rings. The molecule has 0 N–H and O–H groups in total. The van der Waals surface area contributed by atoms with Crippen molar-refractivity contribution in [1.29, 1.82) is 0 Å². The number of pyridine rings is 1.